The Hall–Kier alpha value is -2.86. The molecule has 0 spiro atoms. The molecular weight excluding hydrogens is 416 g/mol. The molecule has 2 amide bonds. The minimum atomic E-state index is -0.404. The number of aryl methyl sites for hydroxylation is 2. The summed E-state index contributed by atoms with van der Waals surface area (Å²) in [5, 5.41) is 1.19. The monoisotopic (exact) mass is 452 g/mol. The first-order valence-corrected chi connectivity index (χ1v) is 11.7. The Morgan fingerprint density at radius 3 is 2.24 bits per heavy atom. The molecule has 0 fully saturated rings. The molecule has 0 bridgehead atoms. The van der Waals surface area contributed by atoms with Crippen LogP contribution in [0.3, 0.4) is 0 Å². The third kappa shape index (κ3) is 5.56. The van der Waals surface area contributed by atoms with Gasteiger partial charge in [-0.05, 0) is 56.9 Å². The SMILES string of the molecule is CCC[C@@H](NN(C(=O)c1cc(C)cc(C)c1)C(=O)c1ccc2c(c1C)OCCO2)C(C)(C)C. The van der Waals surface area contributed by atoms with E-state index in [1.165, 1.54) is 5.01 Å². The van der Waals surface area contributed by atoms with Gasteiger partial charge in [0.2, 0.25) is 0 Å². The number of carbonyl (C=O) groups is 2. The van der Waals surface area contributed by atoms with Crippen molar-refractivity contribution in [1.82, 2.24) is 10.4 Å². The highest BCUT2D eigenvalue weighted by atomic mass is 16.6. The highest BCUT2D eigenvalue weighted by Crippen LogP contribution is 2.36. The summed E-state index contributed by atoms with van der Waals surface area (Å²) in [7, 11) is 0. The van der Waals surface area contributed by atoms with Crippen LogP contribution in [0.4, 0.5) is 0 Å². The maximum atomic E-state index is 13.8. The smallest absolute Gasteiger partial charge is 0.275 e. The first kappa shape index (κ1) is 24.8. The number of benzene rings is 2. The molecule has 178 valence electrons. The lowest BCUT2D eigenvalue weighted by Crippen LogP contribution is -2.55. The van der Waals surface area contributed by atoms with Crippen molar-refractivity contribution in [3.8, 4) is 11.5 Å². The lowest BCUT2D eigenvalue weighted by molar-refractivity contribution is 0.0424. The van der Waals surface area contributed by atoms with Crippen LogP contribution in [0.2, 0.25) is 0 Å². The van der Waals surface area contributed by atoms with Gasteiger partial charge in [0.1, 0.15) is 13.2 Å². The molecule has 3 rings (SSSR count). The second-order valence-electron chi connectivity index (χ2n) is 9.92. The lowest BCUT2D eigenvalue weighted by atomic mass is 9.84. The van der Waals surface area contributed by atoms with Gasteiger partial charge >= 0.3 is 0 Å². The van der Waals surface area contributed by atoms with E-state index >= 15 is 0 Å². The number of amides is 2. The van der Waals surface area contributed by atoms with Crippen molar-refractivity contribution in [3.05, 3.63) is 58.1 Å². The lowest BCUT2D eigenvalue weighted by Gasteiger charge is -2.36. The van der Waals surface area contributed by atoms with E-state index in [0.29, 0.717) is 41.4 Å². The molecule has 0 aromatic heterocycles. The second-order valence-corrected chi connectivity index (χ2v) is 9.92. The number of ether oxygens (including phenoxy) is 2. The average molecular weight is 453 g/mol. The Bertz CT molecular complexity index is 1020. The van der Waals surface area contributed by atoms with E-state index in [-0.39, 0.29) is 17.4 Å². The highest BCUT2D eigenvalue weighted by Gasteiger charge is 2.33. The van der Waals surface area contributed by atoms with Crippen molar-refractivity contribution < 1.29 is 19.1 Å². The van der Waals surface area contributed by atoms with Gasteiger partial charge in [-0.15, -0.1) is 0 Å². The Balaban J connectivity index is 2.06. The predicted molar refractivity (Wildman–Crippen MR) is 130 cm³/mol. The molecule has 0 radical (unpaired) electrons. The van der Waals surface area contributed by atoms with Crippen molar-refractivity contribution >= 4 is 11.8 Å². The molecule has 0 unspecified atom stereocenters. The van der Waals surface area contributed by atoms with E-state index in [4.69, 9.17) is 9.47 Å². The quantitative estimate of drug-likeness (QED) is 0.470. The fourth-order valence-electron chi connectivity index (χ4n) is 4.18. The fourth-order valence-corrected chi connectivity index (χ4v) is 4.18. The molecule has 1 atom stereocenters. The molecule has 0 aliphatic carbocycles. The number of hydrogen-bond acceptors (Lipinski definition) is 5. The van der Waals surface area contributed by atoms with Gasteiger partial charge in [0.05, 0.1) is 0 Å². The first-order chi connectivity index (χ1) is 15.5. The molecule has 1 N–H and O–H groups in total. The molecule has 1 aliphatic rings. The number of imide groups is 1. The van der Waals surface area contributed by atoms with Crippen LogP contribution in [0, 0.1) is 26.2 Å². The number of fused-ring (bicyclic) bond motifs is 1. The largest absolute Gasteiger partial charge is 0.486 e. The number of nitrogens with zero attached hydrogens (tertiary/aromatic N) is 1. The van der Waals surface area contributed by atoms with Crippen molar-refractivity contribution in [1.29, 1.82) is 0 Å². The van der Waals surface area contributed by atoms with E-state index < -0.39 is 5.91 Å². The minimum absolute atomic E-state index is 0.0705. The summed E-state index contributed by atoms with van der Waals surface area (Å²) in [4.78, 5) is 27.6. The summed E-state index contributed by atoms with van der Waals surface area (Å²) >= 11 is 0. The van der Waals surface area contributed by atoms with E-state index in [2.05, 4.69) is 33.1 Å². The van der Waals surface area contributed by atoms with Gasteiger partial charge in [0, 0.05) is 22.7 Å². The van der Waals surface area contributed by atoms with Crippen LogP contribution < -0.4 is 14.9 Å². The van der Waals surface area contributed by atoms with Gasteiger partial charge in [-0.25, -0.2) is 10.4 Å². The number of hydrazine groups is 1. The van der Waals surface area contributed by atoms with E-state index in [1.54, 1.807) is 12.1 Å². The molecule has 1 aliphatic heterocycles. The summed E-state index contributed by atoms with van der Waals surface area (Å²) < 4.78 is 11.4. The Morgan fingerprint density at radius 1 is 1.00 bits per heavy atom. The van der Waals surface area contributed by atoms with Gasteiger partial charge in [-0.2, -0.15) is 0 Å². The predicted octanol–water partition coefficient (Wildman–Crippen LogP) is 5.39. The van der Waals surface area contributed by atoms with Crippen LogP contribution >= 0.6 is 0 Å². The van der Waals surface area contributed by atoms with Gasteiger partial charge < -0.3 is 9.47 Å². The van der Waals surface area contributed by atoms with Gasteiger partial charge in [0.15, 0.2) is 11.5 Å². The van der Waals surface area contributed by atoms with Gasteiger partial charge in [-0.1, -0.05) is 51.3 Å². The fraction of sp³-hybridized carbons (Fsp3) is 0.481. The maximum Gasteiger partial charge on any atom is 0.275 e. The molecule has 2 aromatic rings. The normalized spacial score (nSPS) is 14.0. The van der Waals surface area contributed by atoms with Crippen LogP contribution in [0.1, 0.15) is 77.9 Å². The van der Waals surface area contributed by atoms with Crippen molar-refractivity contribution in [2.45, 2.75) is 67.3 Å². The second kappa shape index (κ2) is 9.96. The van der Waals surface area contributed by atoms with Crippen LogP contribution in [0.15, 0.2) is 30.3 Å². The summed E-state index contributed by atoms with van der Waals surface area (Å²) in [6.07, 6.45) is 1.76. The number of carbonyl (C=O) groups excluding carboxylic acids is 2. The van der Waals surface area contributed by atoms with Crippen LogP contribution in [-0.2, 0) is 0 Å². The minimum Gasteiger partial charge on any atom is -0.486 e. The standard InChI is InChI=1S/C27H36N2O4/c1-8-9-23(27(5,6)7)28-29(25(30)20-15-17(2)14-18(3)16-20)26(31)21-10-11-22-24(19(21)4)33-13-12-32-22/h10-11,14-16,23,28H,8-9,12-13H2,1-7H3/t23-/m1/s1. The third-order valence-electron chi connectivity index (χ3n) is 5.97. The molecule has 6 heteroatoms. The molecule has 33 heavy (non-hydrogen) atoms. The van der Waals surface area contributed by atoms with Gasteiger partial charge in [-0.3, -0.25) is 9.59 Å². The zero-order valence-corrected chi connectivity index (χ0v) is 20.9. The van der Waals surface area contributed by atoms with Crippen molar-refractivity contribution in [2.24, 2.45) is 5.41 Å². The Labute approximate surface area is 197 Å². The number of hydrogen-bond donors (Lipinski definition) is 1. The first-order valence-electron chi connectivity index (χ1n) is 11.7. The van der Waals surface area contributed by atoms with E-state index in [1.807, 2.05) is 39.0 Å². The molecule has 2 aromatic carbocycles. The van der Waals surface area contributed by atoms with Crippen molar-refractivity contribution in [3.63, 3.8) is 0 Å². The Morgan fingerprint density at radius 2 is 1.64 bits per heavy atom. The molecular formula is C27H36N2O4. The highest BCUT2D eigenvalue weighted by molar-refractivity contribution is 6.10. The summed E-state index contributed by atoms with van der Waals surface area (Å²) in [5.41, 5.74) is 6.65. The van der Waals surface area contributed by atoms with E-state index in [0.717, 1.165) is 24.0 Å². The molecule has 1 heterocycles. The van der Waals surface area contributed by atoms with Crippen LogP contribution in [-0.4, -0.2) is 36.1 Å². The molecule has 0 saturated carbocycles. The van der Waals surface area contributed by atoms with Crippen molar-refractivity contribution in [2.75, 3.05) is 13.2 Å². The number of nitrogens with one attached hydrogen (secondary N) is 1. The Kier molecular flexibility index (Phi) is 7.48. The maximum absolute atomic E-state index is 13.8. The van der Waals surface area contributed by atoms with Crippen LogP contribution in [0.5, 0.6) is 11.5 Å². The topological polar surface area (TPSA) is 67.9 Å². The zero-order valence-electron chi connectivity index (χ0n) is 20.9. The summed E-state index contributed by atoms with van der Waals surface area (Å²) in [5.74, 6) is 0.409. The summed E-state index contributed by atoms with van der Waals surface area (Å²) in [6, 6.07) is 9.02. The van der Waals surface area contributed by atoms with Crippen LogP contribution in [0.25, 0.3) is 0 Å². The third-order valence-corrected chi connectivity index (χ3v) is 5.97. The molecule has 0 saturated heterocycles. The van der Waals surface area contributed by atoms with Gasteiger partial charge in [0.25, 0.3) is 11.8 Å². The number of rotatable bonds is 6. The average Bonchev–Trinajstić information content (AvgIpc) is 2.75. The summed E-state index contributed by atoms with van der Waals surface area (Å²) in [6.45, 7) is 15.1. The zero-order chi connectivity index (χ0) is 24.3. The van der Waals surface area contributed by atoms with E-state index in [9.17, 15) is 9.59 Å². The molecule has 6 nitrogen and oxygen atoms in total.